The average molecular weight is 503 g/mol. The Morgan fingerprint density at radius 2 is 1.31 bits per heavy atom. The summed E-state index contributed by atoms with van der Waals surface area (Å²) >= 11 is 0. The summed E-state index contributed by atoms with van der Waals surface area (Å²) in [5.41, 5.74) is 0. The van der Waals surface area contributed by atoms with Gasteiger partial charge in [-0.1, -0.05) is 0 Å². The molecule has 1 saturated heterocycles. The summed E-state index contributed by atoms with van der Waals surface area (Å²) in [7, 11) is -14.9. The first-order chi connectivity index (χ1) is 13.1. The Kier molecular flexibility index (Phi) is 10.1. The van der Waals surface area contributed by atoms with E-state index in [9.17, 15) is 29.8 Å². The van der Waals surface area contributed by atoms with Crippen LogP contribution in [0.25, 0.3) is 0 Å². The minimum atomic E-state index is -3.74. The quantitative estimate of drug-likeness (QED) is 0.224. The third-order valence-electron chi connectivity index (χ3n) is 3.48. The maximum Gasteiger partial charge on any atom is 0.346 e. The molecular formula is C12H27N2O11PS3. The van der Waals surface area contributed by atoms with Crippen molar-refractivity contribution >= 4 is 38.0 Å². The lowest BCUT2D eigenvalue weighted by Gasteiger charge is -2.40. The van der Waals surface area contributed by atoms with Crippen molar-refractivity contribution < 1.29 is 46.9 Å². The van der Waals surface area contributed by atoms with E-state index in [0.29, 0.717) is 13.0 Å². The van der Waals surface area contributed by atoms with Gasteiger partial charge in [0, 0.05) is 26.2 Å². The van der Waals surface area contributed by atoms with Gasteiger partial charge in [0.2, 0.25) is 0 Å². The van der Waals surface area contributed by atoms with Crippen LogP contribution in [-0.2, 0) is 52.0 Å². The first kappa shape index (κ1) is 26.9. The Bertz CT molecular complexity index is 850. The monoisotopic (exact) mass is 502 g/mol. The van der Waals surface area contributed by atoms with E-state index in [4.69, 9.17) is 4.52 Å². The van der Waals surface area contributed by atoms with E-state index in [0.717, 1.165) is 18.8 Å². The van der Waals surface area contributed by atoms with Gasteiger partial charge < -0.3 is 4.52 Å². The number of rotatable bonds is 13. The molecule has 0 aromatic rings. The van der Waals surface area contributed by atoms with E-state index in [-0.39, 0.29) is 46.1 Å². The molecule has 1 heterocycles. The molecule has 1 aliphatic rings. The molecule has 0 aromatic heterocycles. The third-order valence-corrected chi connectivity index (χ3v) is 8.01. The van der Waals surface area contributed by atoms with Gasteiger partial charge in [-0.05, 0) is 6.42 Å². The van der Waals surface area contributed by atoms with Gasteiger partial charge in [0.1, 0.15) is 0 Å². The van der Waals surface area contributed by atoms with E-state index in [2.05, 4.69) is 12.5 Å². The van der Waals surface area contributed by atoms with Gasteiger partial charge in [0.05, 0.1) is 45.2 Å². The first-order valence-electron chi connectivity index (χ1n) is 8.41. The molecule has 0 aromatic carbocycles. The smallest absolute Gasteiger partial charge is 0.306 e. The summed E-state index contributed by atoms with van der Waals surface area (Å²) in [5, 5.41) is 0. The van der Waals surface area contributed by atoms with Crippen LogP contribution in [0.4, 0.5) is 0 Å². The van der Waals surface area contributed by atoms with Crippen molar-refractivity contribution in [2.24, 2.45) is 0 Å². The van der Waals surface area contributed by atoms with Crippen LogP contribution in [0.5, 0.6) is 0 Å². The highest BCUT2D eigenvalue weighted by molar-refractivity contribution is 7.86. The maximum absolute atomic E-state index is 13.5. The van der Waals surface area contributed by atoms with Gasteiger partial charge in [-0.2, -0.15) is 25.3 Å². The molecule has 0 aliphatic carbocycles. The number of hydrogen-bond donors (Lipinski definition) is 0. The molecule has 0 spiro atoms. The molecular weight excluding hydrogens is 475 g/mol. The van der Waals surface area contributed by atoms with Crippen molar-refractivity contribution in [3.05, 3.63) is 0 Å². The lowest BCUT2D eigenvalue weighted by molar-refractivity contribution is 0.139. The first-order valence-corrected chi connectivity index (χ1v) is 15.4. The Morgan fingerprint density at radius 3 is 1.76 bits per heavy atom. The molecule has 17 heteroatoms. The minimum Gasteiger partial charge on any atom is -0.306 e. The van der Waals surface area contributed by atoms with Crippen LogP contribution in [0.2, 0.25) is 0 Å². The molecule has 29 heavy (non-hydrogen) atoms. The van der Waals surface area contributed by atoms with Gasteiger partial charge in [0.15, 0.2) is 0 Å². The fraction of sp³-hybridized carbons (Fsp3) is 1.00. The summed E-state index contributed by atoms with van der Waals surface area (Å²) in [4.78, 5) is 0. The van der Waals surface area contributed by atoms with E-state index in [1.165, 1.54) is 9.34 Å². The second-order valence-electron chi connectivity index (χ2n) is 6.16. The molecule has 0 amide bonds. The zero-order chi connectivity index (χ0) is 22.3. The van der Waals surface area contributed by atoms with E-state index in [1.807, 2.05) is 0 Å². The van der Waals surface area contributed by atoms with Crippen molar-refractivity contribution in [3.8, 4) is 0 Å². The van der Waals surface area contributed by atoms with Gasteiger partial charge >= 0.3 is 7.67 Å². The summed E-state index contributed by atoms with van der Waals surface area (Å²) in [6, 6.07) is 0. The molecule has 0 N–H and O–H groups in total. The summed E-state index contributed by atoms with van der Waals surface area (Å²) < 4.78 is 103. The van der Waals surface area contributed by atoms with Crippen LogP contribution < -0.4 is 0 Å². The summed E-state index contributed by atoms with van der Waals surface area (Å²) in [6.07, 6.45) is 3.13. The summed E-state index contributed by atoms with van der Waals surface area (Å²) in [6.45, 7) is -0.877. The molecule has 13 nitrogen and oxygen atoms in total. The Labute approximate surface area is 172 Å². The second-order valence-corrected chi connectivity index (χ2v) is 13.5. The molecule has 1 atom stereocenters. The molecule has 0 radical (unpaired) electrons. The maximum atomic E-state index is 13.5. The SMILES string of the molecule is CS(=O)(=O)OCCN1CCCOP1(=O)N(CCOS(C)(=O)=O)CCOS(C)(=O)=O. The van der Waals surface area contributed by atoms with Gasteiger partial charge in [-0.25, -0.2) is 9.34 Å². The van der Waals surface area contributed by atoms with Crippen LogP contribution in [0.1, 0.15) is 6.42 Å². The minimum absolute atomic E-state index is 0.0410. The zero-order valence-corrected chi connectivity index (χ0v) is 19.8. The molecule has 0 bridgehead atoms. The van der Waals surface area contributed by atoms with Crippen molar-refractivity contribution in [1.82, 2.24) is 9.34 Å². The van der Waals surface area contributed by atoms with Gasteiger partial charge in [-0.15, -0.1) is 0 Å². The predicted molar refractivity (Wildman–Crippen MR) is 104 cm³/mol. The van der Waals surface area contributed by atoms with Gasteiger partial charge in [-0.3, -0.25) is 17.1 Å². The van der Waals surface area contributed by atoms with E-state index in [1.54, 1.807) is 0 Å². The van der Waals surface area contributed by atoms with Crippen molar-refractivity contribution in [2.75, 3.05) is 71.4 Å². The number of nitrogens with zero attached hydrogens (tertiary/aromatic N) is 2. The standard InChI is InChI=1S/C12H27N2O11PS3/c1-27(16,17)23-10-6-13-5-4-9-22-26(13,15)14(7-11-24-28(2,18)19)8-12-25-29(3,20)21/h4-12H2,1-3H3. The average Bonchev–Trinajstić information content (AvgIpc) is 2.52. The molecule has 174 valence electrons. The van der Waals surface area contributed by atoms with Crippen LogP contribution in [0.3, 0.4) is 0 Å². The van der Waals surface area contributed by atoms with E-state index < -0.39 is 38.0 Å². The Morgan fingerprint density at radius 1 is 0.862 bits per heavy atom. The Hall–Kier alpha value is -0.160. The Balaban J connectivity index is 2.93. The second kappa shape index (κ2) is 10.9. The van der Waals surface area contributed by atoms with Crippen molar-refractivity contribution in [2.45, 2.75) is 6.42 Å². The largest absolute Gasteiger partial charge is 0.346 e. The molecule has 1 unspecified atom stereocenters. The van der Waals surface area contributed by atoms with Gasteiger partial charge in [0.25, 0.3) is 30.4 Å². The number of hydrogen-bond acceptors (Lipinski definition) is 11. The third kappa shape index (κ3) is 11.1. The zero-order valence-electron chi connectivity index (χ0n) is 16.4. The lowest BCUT2D eigenvalue weighted by atomic mass is 10.4. The topological polar surface area (TPSA) is 163 Å². The lowest BCUT2D eigenvalue weighted by Crippen LogP contribution is -2.41. The molecule has 1 rings (SSSR count). The molecule has 1 fully saturated rings. The van der Waals surface area contributed by atoms with Crippen molar-refractivity contribution in [1.29, 1.82) is 0 Å². The molecule has 1 aliphatic heterocycles. The normalized spacial score (nSPS) is 22.2. The van der Waals surface area contributed by atoms with Crippen LogP contribution in [0.15, 0.2) is 0 Å². The van der Waals surface area contributed by atoms with E-state index >= 15 is 0 Å². The highest BCUT2D eigenvalue weighted by Gasteiger charge is 2.41. The van der Waals surface area contributed by atoms with Crippen LogP contribution in [0, 0.1) is 0 Å². The molecule has 0 saturated carbocycles. The fourth-order valence-electron chi connectivity index (χ4n) is 2.38. The van der Waals surface area contributed by atoms with Crippen molar-refractivity contribution in [3.63, 3.8) is 0 Å². The highest BCUT2D eigenvalue weighted by Crippen LogP contribution is 2.56. The van der Waals surface area contributed by atoms with Crippen LogP contribution >= 0.6 is 7.67 Å². The van der Waals surface area contributed by atoms with Crippen LogP contribution in [-0.4, -0.2) is 106 Å². The summed E-state index contributed by atoms with van der Waals surface area (Å²) in [5.74, 6) is 0. The fourth-order valence-corrected chi connectivity index (χ4v) is 5.96. The highest BCUT2D eigenvalue weighted by atomic mass is 32.2. The predicted octanol–water partition coefficient (Wildman–Crippen LogP) is -0.953.